The van der Waals surface area contributed by atoms with Crippen LogP contribution < -0.4 is 10.1 Å². The number of nitrogens with one attached hydrogen (secondary N) is 1. The minimum absolute atomic E-state index is 0.169. The van der Waals surface area contributed by atoms with Gasteiger partial charge in [0.15, 0.2) is 6.10 Å². The quantitative estimate of drug-likeness (QED) is 0.815. The van der Waals surface area contributed by atoms with Crippen LogP contribution in [0.1, 0.15) is 32.3 Å². The van der Waals surface area contributed by atoms with Crippen LogP contribution in [0, 0.1) is 0 Å². The van der Waals surface area contributed by atoms with Crippen LogP contribution in [0.3, 0.4) is 0 Å². The van der Waals surface area contributed by atoms with Gasteiger partial charge < -0.3 is 10.1 Å². The maximum absolute atomic E-state index is 12.2. The molecule has 0 radical (unpaired) electrons. The summed E-state index contributed by atoms with van der Waals surface area (Å²) < 4.78 is 6.57. The highest BCUT2D eigenvalue weighted by molar-refractivity contribution is 9.10. The lowest BCUT2D eigenvalue weighted by Gasteiger charge is -2.15. The van der Waals surface area contributed by atoms with Gasteiger partial charge in [-0.3, -0.25) is 4.79 Å². The van der Waals surface area contributed by atoms with Gasteiger partial charge in [-0.05, 0) is 48.7 Å². The number of benzene rings is 2. The summed E-state index contributed by atoms with van der Waals surface area (Å²) in [5.74, 6) is 0.966. The highest BCUT2D eigenvalue weighted by atomic mass is 79.9. The lowest BCUT2D eigenvalue weighted by Crippen LogP contribution is -2.30. The maximum atomic E-state index is 12.2. The van der Waals surface area contributed by atoms with E-state index in [-0.39, 0.29) is 5.91 Å². The molecule has 2 aromatic carbocycles. The minimum atomic E-state index is -0.570. The third-order valence-corrected chi connectivity index (χ3v) is 3.82. The minimum Gasteiger partial charge on any atom is -0.481 e. The molecule has 0 unspecified atom stereocenters. The number of hydrogen-bond donors (Lipinski definition) is 1. The van der Waals surface area contributed by atoms with Crippen molar-refractivity contribution in [1.29, 1.82) is 0 Å². The smallest absolute Gasteiger partial charge is 0.265 e. The Morgan fingerprint density at radius 3 is 2.36 bits per heavy atom. The van der Waals surface area contributed by atoms with E-state index in [1.165, 1.54) is 5.56 Å². The Morgan fingerprint density at radius 2 is 1.77 bits per heavy atom. The van der Waals surface area contributed by atoms with Crippen LogP contribution >= 0.6 is 15.9 Å². The van der Waals surface area contributed by atoms with E-state index in [2.05, 4.69) is 35.1 Å². The van der Waals surface area contributed by atoms with Crippen LogP contribution in [-0.2, 0) is 4.79 Å². The third kappa shape index (κ3) is 4.60. The van der Waals surface area contributed by atoms with Crippen LogP contribution in [-0.4, -0.2) is 12.0 Å². The number of halogens is 1. The van der Waals surface area contributed by atoms with Crippen LogP contribution in [0.4, 0.5) is 5.69 Å². The van der Waals surface area contributed by atoms with Crippen molar-refractivity contribution in [3.8, 4) is 5.75 Å². The van der Waals surface area contributed by atoms with Crippen LogP contribution in [0.15, 0.2) is 53.0 Å². The van der Waals surface area contributed by atoms with E-state index in [9.17, 15) is 4.79 Å². The van der Waals surface area contributed by atoms with Crippen molar-refractivity contribution in [2.75, 3.05) is 5.32 Å². The Balaban J connectivity index is 1.96. The van der Waals surface area contributed by atoms with Crippen molar-refractivity contribution in [3.63, 3.8) is 0 Å². The second kappa shape index (κ2) is 7.45. The van der Waals surface area contributed by atoms with Crippen LogP contribution in [0.5, 0.6) is 5.75 Å². The Bertz CT molecular complexity index is 638. The van der Waals surface area contributed by atoms with E-state index in [0.29, 0.717) is 11.7 Å². The van der Waals surface area contributed by atoms with E-state index in [1.54, 1.807) is 6.92 Å². The molecule has 4 heteroatoms. The molecule has 0 aliphatic heterocycles. The van der Waals surface area contributed by atoms with Gasteiger partial charge in [-0.1, -0.05) is 48.0 Å². The number of rotatable bonds is 5. The number of amides is 1. The maximum Gasteiger partial charge on any atom is 0.265 e. The lowest BCUT2D eigenvalue weighted by atomic mass is 10.0. The SMILES string of the molecule is CC(C)c1ccc(NC(=O)[C@@H](C)Oc2cccc(Br)c2)cc1. The molecule has 22 heavy (non-hydrogen) atoms. The van der Waals surface area contributed by atoms with Crippen molar-refractivity contribution < 1.29 is 9.53 Å². The van der Waals surface area contributed by atoms with Gasteiger partial charge in [0.25, 0.3) is 5.91 Å². The molecule has 2 aromatic rings. The van der Waals surface area contributed by atoms with E-state index in [4.69, 9.17) is 4.74 Å². The molecule has 1 amide bonds. The molecule has 0 bridgehead atoms. The number of anilines is 1. The molecule has 0 aliphatic rings. The van der Waals surface area contributed by atoms with Gasteiger partial charge in [-0.25, -0.2) is 0 Å². The number of carbonyl (C=O) groups is 1. The van der Waals surface area contributed by atoms with Crippen molar-refractivity contribution in [3.05, 3.63) is 58.6 Å². The largest absolute Gasteiger partial charge is 0.481 e. The number of hydrogen-bond acceptors (Lipinski definition) is 2. The third-order valence-electron chi connectivity index (χ3n) is 3.32. The van der Waals surface area contributed by atoms with Gasteiger partial charge in [-0.2, -0.15) is 0 Å². The number of carbonyl (C=O) groups excluding carboxylic acids is 1. The molecule has 2 rings (SSSR count). The van der Waals surface area contributed by atoms with Gasteiger partial charge in [0.2, 0.25) is 0 Å². The molecule has 0 heterocycles. The monoisotopic (exact) mass is 361 g/mol. The molecule has 0 spiro atoms. The van der Waals surface area contributed by atoms with E-state index in [0.717, 1.165) is 10.2 Å². The zero-order valence-corrected chi connectivity index (χ0v) is 14.6. The molecule has 0 aliphatic carbocycles. The summed E-state index contributed by atoms with van der Waals surface area (Å²) >= 11 is 3.38. The van der Waals surface area contributed by atoms with Crippen LogP contribution in [0.2, 0.25) is 0 Å². The number of ether oxygens (including phenoxy) is 1. The summed E-state index contributed by atoms with van der Waals surface area (Å²) in [5, 5.41) is 2.87. The fourth-order valence-electron chi connectivity index (χ4n) is 1.99. The molecule has 0 aromatic heterocycles. The first-order chi connectivity index (χ1) is 10.5. The fourth-order valence-corrected chi connectivity index (χ4v) is 2.37. The van der Waals surface area contributed by atoms with Crippen molar-refractivity contribution in [2.45, 2.75) is 32.8 Å². The van der Waals surface area contributed by atoms with Crippen molar-refractivity contribution >= 4 is 27.5 Å². The average molecular weight is 362 g/mol. The Hall–Kier alpha value is -1.81. The predicted molar refractivity (Wildman–Crippen MR) is 93.4 cm³/mol. The van der Waals surface area contributed by atoms with E-state index < -0.39 is 6.10 Å². The highest BCUT2D eigenvalue weighted by Gasteiger charge is 2.15. The topological polar surface area (TPSA) is 38.3 Å². The van der Waals surface area contributed by atoms with Gasteiger partial charge in [0.05, 0.1) is 0 Å². The van der Waals surface area contributed by atoms with Gasteiger partial charge >= 0.3 is 0 Å². The summed E-state index contributed by atoms with van der Waals surface area (Å²) in [6, 6.07) is 15.3. The molecule has 1 atom stereocenters. The highest BCUT2D eigenvalue weighted by Crippen LogP contribution is 2.20. The van der Waals surface area contributed by atoms with Gasteiger partial charge in [0.1, 0.15) is 5.75 Å². The first-order valence-corrected chi connectivity index (χ1v) is 8.08. The molecular formula is C18H20BrNO2. The molecular weight excluding hydrogens is 342 g/mol. The molecule has 0 saturated heterocycles. The summed E-state index contributed by atoms with van der Waals surface area (Å²) in [6.45, 7) is 6.02. The molecule has 3 nitrogen and oxygen atoms in total. The van der Waals surface area contributed by atoms with Gasteiger partial charge in [0, 0.05) is 10.2 Å². The molecule has 0 fully saturated rings. The zero-order valence-electron chi connectivity index (χ0n) is 13.0. The van der Waals surface area contributed by atoms with E-state index >= 15 is 0 Å². The Labute approximate surface area is 139 Å². The first kappa shape index (κ1) is 16.6. The van der Waals surface area contributed by atoms with Crippen LogP contribution in [0.25, 0.3) is 0 Å². The normalized spacial score (nSPS) is 12.0. The lowest BCUT2D eigenvalue weighted by molar-refractivity contribution is -0.122. The summed E-state index contributed by atoms with van der Waals surface area (Å²) in [4.78, 5) is 12.2. The summed E-state index contributed by atoms with van der Waals surface area (Å²) in [5.41, 5.74) is 2.02. The standard InChI is InChI=1S/C18H20BrNO2/c1-12(2)14-7-9-16(10-8-14)20-18(21)13(3)22-17-6-4-5-15(19)11-17/h4-13H,1-3H3,(H,20,21)/t13-/m1/s1. The molecule has 1 N–H and O–H groups in total. The second-order valence-electron chi connectivity index (χ2n) is 5.48. The van der Waals surface area contributed by atoms with Gasteiger partial charge in [-0.15, -0.1) is 0 Å². The summed E-state index contributed by atoms with van der Waals surface area (Å²) in [6.07, 6.45) is -0.570. The molecule has 0 saturated carbocycles. The Kier molecular flexibility index (Phi) is 5.61. The molecule has 116 valence electrons. The zero-order chi connectivity index (χ0) is 16.1. The van der Waals surface area contributed by atoms with Crippen molar-refractivity contribution in [2.24, 2.45) is 0 Å². The Morgan fingerprint density at radius 1 is 1.09 bits per heavy atom. The van der Waals surface area contributed by atoms with Crippen molar-refractivity contribution in [1.82, 2.24) is 0 Å². The average Bonchev–Trinajstić information content (AvgIpc) is 2.47. The predicted octanol–water partition coefficient (Wildman–Crippen LogP) is 4.98. The fraction of sp³-hybridized carbons (Fsp3) is 0.278. The first-order valence-electron chi connectivity index (χ1n) is 7.29. The summed E-state index contributed by atoms with van der Waals surface area (Å²) in [7, 11) is 0. The van der Waals surface area contributed by atoms with E-state index in [1.807, 2.05) is 48.5 Å². The second-order valence-corrected chi connectivity index (χ2v) is 6.40.